The zero-order valence-electron chi connectivity index (χ0n) is 9.46. The third-order valence-corrected chi connectivity index (χ3v) is 4.34. The van der Waals surface area contributed by atoms with Crippen LogP contribution in [0.15, 0.2) is 4.47 Å². The van der Waals surface area contributed by atoms with Crippen molar-refractivity contribution >= 4 is 27.7 Å². The highest BCUT2D eigenvalue weighted by molar-refractivity contribution is 9.10. The fourth-order valence-corrected chi connectivity index (χ4v) is 2.93. The van der Waals surface area contributed by atoms with Crippen molar-refractivity contribution in [2.24, 2.45) is 5.73 Å². The second-order valence-corrected chi connectivity index (χ2v) is 5.48. The van der Waals surface area contributed by atoms with Gasteiger partial charge in [0.25, 0.3) is 0 Å². The average molecular weight is 292 g/mol. The van der Waals surface area contributed by atoms with Gasteiger partial charge in [-0.15, -0.1) is 0 Å². The summed E-state index contributed by atoms with van der Waals surface area (Å²) in [6.45, 7) is 7.08. The van der Waals surface area contributed by atoms with Crippen LogP contribution in [0.3, 0.4) is 0 Å². The number of thioether (sulfide) groups is 1. The molecule has 2 N–H and O–H groups in total. The third kappa shape index (κ3) is 3.50. The van der Waals surface area contributed by atoms with Gasteiger partial charge in [0.15, 0.2) is 0 Å². The van der Waals surface area contributed by atoms with Crippen LogP contribution in [0.2, 0.25) is 0 Å². The molecule has 1 unspecified atom stereocenters. The molecule has 1 heterocycles. The molecule has 5 heteroatoms. The summed E-state index contributed by atoms with van der Waals surface area (Å²) in [6.07, 6.45) is 0. The van der Waals surface area contributed by atoms with E-state index >= 15 is 0 Å². The summed E-state index contributed by atoms with van der Waals surface area (Å²) in [5.74, 6) is 1.96. The van der Waals surface area contributed by atoms with Crippen LogP contribution in [-0.4, -0.2) is 21.6 Å². The molecule has 1 rings (SSSR count). The number of nitrogens with two attached hydrogens (primary N) is 1. The molecule has 86 valence electrons. The Morgan fingerprint density at radius 2 is 2.27 bits per heavy atom. The van der Waals surface area contributed by atoms with Gasteiger partial charge in [-0.1, -0.05) is 0 Å². The van der Waals surface area contributed by atoms with E-state index in [0.29, 0.717) is 0 Å². The molecule has 0 radical (unpaired) electrons. The van der Waals surface area contributed by atoms with Gasteiger partial charge in [0, 0.05) is 24.1 Å². The van der Waals surface area contributed by atoms with Crippen molar-refractivity contribution in [3.05, 3.63) is 15.9 Å². The van der Waals surface area contributed by atoms with Crippen LogP contribution in [0, 0.1) is 6.92 Å². The summed E-state index contributed by atoms with van der Waals surface area (Å²) in [4.78, 5) is 0. The van der Waals surface area contributed by atoms with E-state index in [1.54, 1.807) is 0 Å². The summed E-state index contributed by atoms with van der Waals surface area (Å²) in [6, 6.07) is 0.257. The molecule has 0 aromatic carbocycles. The van der Waals surface area contributed by atoms with Gasteiger partial charge in [0.1, 0.15) is 0 Å². The molecule has 1 atom stereocenters. The van der Waals surface area contributed by atoms with Crippen LogP contribution in [0.4, 0.5) is 0 Å². The van der Waals surface area contributed by atoms with E-state index in [0.717, 1.165) is 28.2 Å². The first-order chi connectivity index (χ1) is 7.06. The summed E-state index contributed by atoms with van der Waals surface area (Å²) < 4.78 is 3.19. The molecule has 0 saturated carbocycles. The third-order valence-electron chi connectivity index (χ3n) is 2.07. The molecule has 0 saturated heterocycles. The van der Waals surface area contributed by atoms with Crippen molar-refractivity contribution in [3.8, 4) is 0 Å². The number of hydrogen-bond acceptors (Lipinski definition) is 3. The predicted octanol–water partition coefficient (Wildman–Crippen LogP) is 2.55. The molecule has 0 aliphatic rings. The van der Waals surface area contributed by atoms with E-state index in [1.807, 2.05) is 30.3 Å². The number of aromatic nitrogens is 2. The normalized spacial score (nSPS) is 13.1. The van der Waals surface area contributed by atoms with Crippen LogP contribution in [0.25, 0.3) is 0 Å². The summed E-state index contributed by atoms with van der Waals surface area (Å²) >= 11 is 5.44. The minimum atomic E-state index is 0.257. The second kappa shape index (κ2) is 5.92. The van der Waals surface area contributed by atoms with Gasteiger partial charge in [0.2, 0.25) is 0 Å². The predicted molar refractivity (Wildman–Crippen MR) is 70.1 cm³/mol. The van der Waals surface area contributed by atoms with Crippen molar-refractivity contribution in [2.45, 2.75) is 39.1 Å². The fraction of sp³-hybridized carbons (Fsp3) is 0.700. The Morgan fingerprint density at radius 1 is 1.60 bits per heavy atom. The number of nitrogens with zero attached hydrogens (tertiary/aromatic N) is 2. The van der Waals surface area contributed by atoms with Crippen molar-refractivity contribution < 1.29 is 0 Å². The van der Waals surface area contributed by atoms with E-state index in [9.17, 15) is 0 Å². The summed E-state index contributed by atoms with van der Waals surface area (Å²) in [7, 11) is 0. The van der Waals surface area contributed by atoms with Gasteiger partial charge in [-0.25, -0.2) is 0 Å². The monoisotopic (exact) mass is 291 g/mol. The molecular weight excluding hydrogens is 274 g/mol. The van der Waals surface area contributed by atoms with Gasteiger partial charge >= 0.3 is 0 Å². The first-order valence-electron chi connectivity index (χ1n) is 5.11. The topological polar surface area (TPSA) is 43.8 Å². The Balaban J connectivity index is 2.66. The first kappa shape index (κ1) is 13.1. The fourth-order valence-electron chi connectivity index (χ4n) is 1.35. The number of aryl methyl sites for hydroxylation is 2. The smallest absolute Gasteiger partial charge is 0.0739 e. The molecule has 0 aliphatic heterocycles. The van der Waals surface area contributed by atoms with Gasteiger partial charge in [0.05, 0.1) is 15.9 Å². The molecular formula is C10H18BrN3S. The van der Waals surface area contributed by atoms with Crippen molar-refractivity contribution in [3.63, 3.8) is 0 Å². The summed E-state index contributed by atoms with van der Waals surface area (Å²) in [5, 5.41) is 4.45. The maximum absolute atomic E-state index is 5.72. The highest BCUT2D eigenvalue weighted by Gasteiger charge is 2.11. The lowest BCUT2D eigenvalue weighted by Gasteiger charge is -2.07. The minimum Gasteiger partial charge on any atom is -0.327 e. The summed E-state index contributed by atoms with van der Waals surface area (Å²) in [5.41, 5.74) is 8.04. The molecule has 0 spiro atoms. The molecule has 3 nitrogen and oxygen atoms in total. The van der Waals surface area contributed by atoms with Crippen molar-refractivity contribution in [1.29, 1.82) is 0 Å². The van der Waals surface area contributed by atoms with Gasteiger partial charge < -0.3 is 5.73 Å². The molecule has 1 aromatic heterocycles. The number of hydrogen-bond donors (Lipinski definition) is 1. The molecule has 1 aromatic rings. The van der Waals surface area contributed by atoms with Crippen LogP contribution < -0.4 is 5.73 Å². The quantitative estimate of drug-likeness (QED) is 0.907. The number of halogens is 1. The van der Waals surface area contributed by atoms with Crippen LogP contribution >= 0.6 is 27.7 Å². The highest BCUT2D eigenvalue weighted by atomic mass is 79.9. The lowest BCUT2D eigenvalue weighted by atomic mass is 10.4. The molecule has 0 aliphatic carbocycles. The molecule has 0 amide bonds. The Morgan fingerprint density at radius 3 is 2.80 bits per heavy atom. The van der Waals surface area contributed by atoms with E-state index in [-0.39, 0.29) is 6.04 Å². The molecule has 15 heavy (non-hydrogen) atoms. The largest absolute Gasteiger partial charge is 0.327 e. The van der Waals surface area contributed by atoms with Gasteiger partial charge in [-0.05, 0) is 36.7 Å². The van der Waals surface area contributed by atoms with Gasteiger partial charge in [-0.3, -0.25) is 4.68 Å². The first-order valence-corrected chi connectivity index (χ1v) is 7.06. The van der Waals surface area contributed by atoms with E-state index in [4.69, 9.17) is 5.73 Å². The Labute approximate surface area is 104 Å². The Bertz CT molecular complexity index is 323. The zero-order valence-corrected chi connectivity index (χ0v) is 11.9. The van der Waals surface area contributed by atoms with Crippen LogP contribution in [-0.2, 0) is 12.3 Å². The minimum absolute atomic E-state index is 0.257. The lowest BCUT2D eigenvalue weighted by molar-refractivity contribution is 0.631. The second-order valence-electron chi connectivity index (χ2n) is 3.65. The van der Waals surface area contributed by atoms with E-state index < -0.39 is 0 Å². The Hall–Kier alpha value is -0.0000000000000000763. The molecule has 0 fully saturated rings. The standard InChI is InChI=1S/C10H18BrN3S/c1-4-14-9(6-15-5-7(2)12)10(11)8(3)13-14/h7H,4-6,12H2,1-3H3. The van der Waals surface area contributed by atoms with Crippen LogP contribution in [0.5, 0.6) is 0 Å². The van der Waals surface area contributed by atoms with Crippen LogP contribution in [0.1, 0.15) is 25.2 Å². The molecule has 0 bridgehead atoms. The van der Waals surface area contributed by atoms with Crippen molar-refractivity contribution in [1.82, 2.24) is 9.78 Å². The Kier molecular flexibility index (Phi) is 5.15. The van der Waals surface area contributed by atoms with E-state index in [1.165, 1.54) is 5.69 Å². The van der Waals surface area contributed by atoms with Gasteiger partial charge in [-0.2, -0.15) is 16.9 Å². The SMILES string of the molecule is CCn1nc(C)c(Br)c1CSCC(C)N. The maximum Gasteiger partial charge on any atom is 0.0739 e. The van der Waals surface area contributed by atoms with Crippen molar-refractivity contribution in [2.75, 3.05) is 5.75 Å². The average Bonchev–Trinajstić information content (AvgIpc) is 2.44. The maximum atomic E-state index is 5.72. The lowest BCUT2D eigenvalue weighted by Crippen LogP contribution is -2.17. The zero-order chi connectivity index (χ0) is 11.4. The highest BCUT2D eigenvalue weighted by Crippen LogP contribution is 2.25. The van der Waals surface area contributed by atoms with E-state index in [2.05, 4.69) is 28.0 Å². The number of rotatable bonds is 5.